The van der Waals surface area contributed by atoms with E-state index in [-0.39, 0.29) is 17.9 Å². The van der Waals surface area contributed by atoms with Crippen molar-refractivity contribution >= 4 is 23.2 Å². The fourth-order valence-electron chi connectivity index (χ4n) is 3.69. The molecule has 0 aromatic heterocycles. The molecule has 1 N–H and O–H groups in total. The van der Waals surface area contributed by atoms with E-state index >= 15 is 0 Å². The molecular formula is C24H19N3O2. The summed E-state index contributed by atoms with van der Waals surface area (Å²) < 4.78 is 0. The van der Waals surface area contributed by atoms with Gasteiger partial charge in [0.05, 0.1) is 11.3 Å². The first kappa shape index (κ1) is 18.5. The molecule has 2 amide bonds. The van der Waals surface area contributed by atoms with Crippen LogP contribution in [0.15, 0.2) is 72.8 Å². The predicted molar refractivity (Wildman–Crippen MR) is 112 cm³/mol. The van der Waals surface area contributed by atoms with Crippen LogP contribution < -0.4 is 10.2 Å². The lowest BCUT2D eigenvalue weighted by atomic mass is 10.1. The second kappa shape index (κ2) is 7.61. The van der Waals surface area contributed by atoms with Crippen molar-refractivity contribution in [1.29, 1.82) is 5.26 Å². The molecule has 3 aromatic carbocycles. The number of carbonyl (C=O) groups is 2. The Morgan fingerprint density at radius 1 is 1.00 bits per heavy atom. The van der Waals surface area contributed by atoms with Crippen LogP contribution in [0, 0.1) is 11.3 Å². The van der Waals surface area contributed by atoms with Gasteiger partial charge >= 0.3 is 0 Å². The minimum Gasteiger partial charge on any atom is -0.321 e. The molecule has 1 atom stereocenters. The van der Waals surface area contributed by atoms with E-state index in [1.165, 1.54) is 0 Å². The molecule has 0 aliphatic carbocycles. The number of fused-ring (bicyclic) bond motifs is 1. The number of nitrogens with zero attached hydrogens (tertiary/aromatic N) is 2. The summed E-state index contributed by atoms with van der Waals surface area (Å²) in [6.07, 6.45) is 0.813. The zero-order valence-corrected chi connectivity index (χ0v) is 15.9. The molecule has 0 radical (unpaired) electrons. The molecule has 142 valence electrons. The molecule has 0 spiro atoms. The van der Waals surface area contributed by atoms with E-state index in [0.29, 0.717) is 22.4 Å². The van der Waals surface area contributed by atoms with Gasteiger partial charge in [-0.1, -0.05) is 36.4 Å². The fraction of sp³-hybridized carbons (Fsp3) is 0.125. The van der Waals surface area contributed by atoms with Gasteiger partial charge in [-0.05, 0) is 55.3 Å². The Bertz CT molecular complexity index is 1150. The van der Waals surface area contributed by atoms with Crippen molar-refractivity contribution in [3.63, 3.8) is 0 Å². The maximum Gasteiger partial charge on any atom is 0.258 e. The van der Waals surface area contributed by atoms with Crippen LogP contribution in [-0.2, 0) is 6.42 Å². The number of anilines is 2. The summed E-state index contributed by atoms with van der Waals surface area (Å²) in [7, 11) is 0. The minimum atomic E-state index is -0.364. The number of hydrogen-bond donors (Lipinski definition) is 1. The van der Waals surface area contributed by atoms with Gasteiger partial charge in [0, 0.05) is 22.9 Å². The first-order valence-corrected chi connectivity index (χ1v) is 9.40. The first-order valence-electron chi connectivity index (χ1n) is 9.40. The second-order valence-electron chi connectivity index (χ2n) is 7.05. The number of rotatable bonds is 3. The van der Waals surface area contributed by atoms with Crippen LogP contribution >= 0.6 is 0 Å². The maximum absolute atomic E-state index is 13.2. The highest BCUT2D eigenvalue weighted by molar-refractivity contribution is 6.10. The summed E-state index contributed by atoms with van der Waals surface area (Å²) in [6.45, 7) is 2.02. The highest BCUT2D eigenvalue weighted by atomic mass is 16.2. The van der Waals surface area contributed by atoms with E-state index in [2.05, 4.69) is 11.4 Å². The molecule has 3 aromatic rings. The van der Waals surface area contributed by atoms with Crippen molar-refractivity contribution in [2.75, 3.05) is 10.2 Å². The molecular weight excluding hydrogens is 362 g/mol. The zero-order valence-electron chi connectivity index (χ0n) is 15.9. The number of amides is 2. The molecule has 0 saturated carbocycles. The van der Waals surface area contributed by atoms with Gasteiger partial charge in [0.1, 0.15) is 6.07 Å². The Morgan fingerprint density at radius 2 is 1.72 bits per heavy atom. The average molecular weight is 381 g/mol. The van der Waals surface area contributed by atoms with E-state index in [1.807, 2.05) is 31.2 Å². The molecule has 1 aliphatic heterocycles. The molecule has 1 unspecified atom stereocenters. The van der Waals surface area contributed by atoms with E-state index in [0.717, 1.165) is 17.7 Å². The summed E-state index contributed by atoms with van der Waals surface area (Å²) in [5, 5.41) is 11.9. The smallest absolute Gasteiger partial charge is 0.258 e. The number of hydrogen-bond acceptors (Lipinski definition) is 3. The van der Waals surface area contributed by atoms with Crippen LogP contribution in [0.4, 0.5) is 11.4 Å². The third kappa shape index (κ3) is 3.48. The molecule has 29 heavy (non-hydrogen) atoms. The lowest BCUT2D eigenvalue weighted by Gasteiger charge is -2.23. The molecule has 4 rings (SSSR count). The third-order valence-electron chi connectivity index (χ3n) is 5.09. The number of benzene rings is 3. The van der Waals surface area contributed by atoms with Crippen molar-refractivity contribution < 1.29 is 9.59 Å². The van der Waals surface area contributed by atoms with Crippen LogP contribution in [-0.4, -0.2) is 17.9 Å². The van der Waals surface area contributed by atoms with Crippen molar-refractivity contribution in [3.05, 3.63) is 95.1 Å². The van der Waals surface area contributed by atoms with Crippen LogP contribution in [0.1, 0.15) is 38.8 Å². The van der Waals surface area contributed by atoms with Crippen LogP contribution in [0.2, 0.25) is 0 Å². The first-order chi connectivity index (χ1) is 14.1. The second-order valence-corrected chi connectivity index (χ2v) is 7.05. The van der Waals surface area contributed by atoms with Gasteiger partial charge < -0.3 is 10.2 Å². The summed E-state index contributed by atoms with van der Waals surface area (Å²) in [4.78, 5) is 27.7. The minimum absolute atomic E-state index is 0.0555. The Morgan fingerprint density at radius 3 is 2.55 bits per heavy atom. The van der Waals surface area contributed by atoms with Crippen LogP contribution in [0.5, 0.6) is 0 Å². The Balaban J connectivity index is 1.60. The number of para-hydroxylation sites is 2. The van der Waals surface area contributed by atoms with Crippen LogP contribution in [0.25, 0.3) is 0 Å². The van der Waals surface area contributed by atoms with Gasteiger partial charge in [-0.3, -0.25) is 9.59 Å². The van der Waals surface area contributed by atoms with Gasteiger partial charge in [0.2, 0.25) is 0 Å². The number of nitrogens with one attached hydrogen (secondary N) is 1. The van der Waals surface area contributed by atoms with Crippen molar-refractivity contribution in [3.8, 4) is 6.07 Å². The lowest BCUT2D eigenvalue weighted by Crippen LogP contribution is -2.35. The van der Waals surface area contributed by atoms with E-state index < -0.39 is 0 Å². The Labute approximate surface area is 169 Å². The summed E-state index contributed by atoms with van der Waals surface area (Å²) in [6, 6.07) is 23.5. The highest BCUT2D eigenvalue weighted by Crippen LogP contribution is 2.33. The maximum atomic E-state index is 13.2. The van der Waals surface area contributed by atoms with Gasteiger partial charge in [0.15, 0.2) is 0 Å². The molecule has 0 bridgehead atoms. The summed E-state index contributed by atoms with van der Waals surface area (Å²) in [5.74, 6) is -0.494. The molecule has 1 aliphatic rings. The summed E-state index contributed by atoms with van der Waals surface area (Å²) in [5.41, 5.74) is 3.71. The molecule has 0 fully saturated rings. The van der Waals surface area contributed by atoms with Crippen molar-refractivity contribution in [1.82, 2.24) is 0 Å². The lowest BCUT2D eigenvalue weighted by molar-refractivity contribution is 0.0981. The topological polar surface area (TPSA) is 73.2 Å². The predicted octanol–water partition coefficient (Wildman–Crippen LogP) is 4.40. The molecule has 0 saturated heterocycles. The van der Waals surface area contributed by atoms with Crippen molar-refractivity contribution in [2.24, 2.45) is 0 Å². The Kier molecular flexibility index (Phi) is 4.84. The largest absolute Gasteiger partial charge is 0.321 e. The monoisotopic (exact) mass is 381 g/mol. The number of nitriles is 1. The standard InChI is InChI=1S/C24H19N3O2/c1-16-13-17-7-3-5-12-22(17)27(16)24(29)19-10-6-9-18(14-19)23(28)26-21-11-4-2-8-20(21)15-25/h2-12,14,16H,13H2,1H3,(H,26,28). The molecule has 5 nitrogen and oxygen atoms in total. The van der Waals surface area contributed by atoms with E-state index in [4.69, 9.17) is 0 Å². The van der Waals surface area contributed by atoms with Crippen LogP contribution in [0.3, 0.4) is 0 Å². The zero-order chi connectivity index (χ0) is 20.4. The normalized spacial score (nSPS) is 14.8. The van der Waals surface area contributed by atoms with E-state index in [1.54, 1.807) is 53.4 Å². The molecule has 1 heterocycles. The molecule has 5 heteroatoms. The number of carbonyl (C=O) groups excluding carboxylic acids is 2. The quantitative estimate of drug-likeness (QED) is 0.731. The van der Waals surface area contributed by atoms with Gasteiger partial charge in [-0.25, -0.2) is 0 Å². The van der Waals surface area contributed by atoms with Crippen molar-refractivity contribution in [2.45, 2.75) is 19.4 Å². The van der Waals surface area contributed by atoms with E-state index in [9.17, 15) is 14.9 Å². The Hall–Kier alpha value is -3.91. The third-order valence-corrected chi connectivity index (χ3v) is 5.09. The average Bonchev–Trinajstić information content (AvgIpc) is 3.09. The highest BCUT2D eigenvalue weighted by Gasteiger charge is 2.31. The van der Waals surface area contributed by atoms with Gasteiger partial charge in [-0.15, -0.1) is 0 Å². The fourth-order valence-corrected chi connectivity index (χ4v) is 3.69. The summed E-state index contributed by atoms with van der Waals surface area (Å²) >= 11 is 0. The van der Waals surface area contributed by atoms with Gasteiger partial charge in [-0.2, -0.15) is 5.26 Å². The SMILES string of the molecule is CC1Cc2ccccc2N1C(=O)c1cccc(C(=O)Nc2ccccc2C#N)c1. The van der Waals surface area contributed by atoms with Gasteiger partial charge in [0.25, 0.3) is 11.8 Å².